The van der Waals surface area contributed by atoms with Gasteiger partial charge in [0.25, 0.3) is 0 Å². The standard InChI is InChI=1S/C21H36N2O3/c1-5-23(6-2)11-10-22-13-15-17-16(25-19(15)24)12-20(4)9-7-8-14(3)21(20)18(17)26-21/h14-18,22H,5-13H2,1-4H3/t14-,15-,16+,17+,18-,20+,21-/m0/s1. The smallest absolute Gasteiger partial charge is 0.311 e. The summed E-state index contributed by atoms with van der Waals surface area (Å²) in [4.78, 5) is 15.0. The van der Waals surface area contributed by atoms with Crippen LogP contribution in [0.5, 0.6) is 0 Å². The van der Waals surface area contributed by atoms with Gasteiger partial charge in [-0.2, -0.15) is 0 Å². The molecule has 0 bridgehead atoms. The van der Waals surface area contributed by atoms with Crippen molar-refractivity contribution in [1.29, 1.82) is 0 Å². The third kappa shape index (κ3) is 2.65. The average Bonchev–Trinajstić information content (AvgIpc) is 3.29. The molecule has 4 fully saturated rings. The molecule has 2 saturated heterocycles. The Balaban J connectivity index is 1.41. The fourth-order valence-electron chi connectivity index (χ4n) is 6.50. The second kappa shape index (κ2) is 6.75. The van der Waals surface area contributed by atoms with Crippen molar-refractivity contribution in [2.75, 3.05) is 32.7 Å². The summed E-state index contributed by atoms with van der Waals surface area (Å²) < 4.78 is 12.4. The summed E-state index contributed by atoms with van der Waals surface area (Å²) in [5, 5.41) is 3.52. The zero-order valence-corrected chi connectivity index (χ0v) is 16.9. The van der Waals surface area contributed by atoms with Gasteiger partial charge in [-0.05, 0) is 38.3 Å². The molecule has 0 aromatic heterocycles. The Morgan fingerprint density at radius 3 is 2.81 bits per heavy atom. The molecule has 5 nitrogen and oxygen atoms in total. The number of epoxide rings is 1. The lowest BCUT2D eigenvalue weighted by molar-refractivity contribution is -0.146. The van der Waals surface area contributed by atoms with E-state index in [0.29, 0.717) is 5.92 Å². The number of rotatable bonds is 7. The lowest BCUT2D eigenvalue weighted by Crippen LogP contribution is -2.54. The second-order valence-corrected chi connectivity index (χ2v) is 9.28. The predicted molar refractivity (Wildman–Crippen MR) is 101 cm³/mol. The van der Waals surface area contributed by atoms with Gasteiger partial charge in [-0.3, -0.25) is 4.79 Å². The van der Waals surface area contributed by atoms with Crippen molar-refractivity contribution >= 4 is 5.97 Å². The molecule has 2 saturated carbocycles. The van der Waals surface area contributed by atoms with Gasteiger partial charge in [-0.25, -0.2) is 0 Å². The number of likely N-dealkylation sites (N-methyl/N-ethyl adjacent to an activating group) is 1. The molecule has 0 unspecified atom stereocenters. The molecule has 0 aromatic rings. The molecule has 7 atom stereocenters. The Labute approximate surface area is 158 Å². The van der Waals surface area contributed by atoms with Gasteiger partial charge in [0, 0.05) is 31.0 Å². The van der Waals surface area contributed by atoms with Crippen molar-refractivity contribution in [3.05, 3.63) is 0 Å². The minimum Gasteiger partial charge on any atom is -0.462 e. The van der Waals surface area contributed by atoms with Gasteiger partial charge in [0.15, 0.2) is 0 Å². The molecule has 1 N–H and O–H groups in total. The first-order valence-electron chi connectivity index (χ1n) is 10.8. The lowest BCUT2D eigenvalue weighted by atomic mass is 9.53. The molecule has 26 heavy (non-hydrogen) atoms. The maximum absolute atomic E-state index is 12.6. The normalized spacial score (nSPS) is 46.5. The van der Waals surface area contributed by atoms with Gasteiger partial charge in [-0.1, -0.05) is 34.1 Å². The van der Waals surface area contributed by atoms with E-state index in [4.69, 9.17) is 9.47 Å². The number of hydrogen-bond acceptors (Lipinski definition) is 5. The van der Waals surface area contributed by atoms with E-state index < -0.39 is 0 Å². The van der Waals surface area contributed by atoms with Crippen molar-refractivity contribution in [3.8, 4) is 0 Å². The molecule has 2 aliphatic carbocycles. The zero-order chi connectivity index (χ0) is 18.5. The fourth-order valence-corrected chi connectivity index (χ4v) is 6.50. The molecule has 2 heterocycles. The maximum atomic E-state index is 12.6. The largest absolute Gasteiger partial charge is 0.462 e. The Kier molecular flexibility index (Phi) is 4.85. The van der Waals surface area contributed by atoms with Crippen LogP contribution >= 0.6 is 0 Å². The van der Waals surface area contributed by atoms with Crippen LogP contribution in [0, 0.1) is 23.2 Å². The first-order valence-corrected chi connectivity index (χ1v) is 10.8. The Bertz CT molecular complexity index is 551. The highest BCUT2D eigenvalue weighted by atomic mass is 16.6. The van der Waals surface area contributed by atoms with Crippen molar-refractivity contribution in [2.45, 2.75) is 71.2 Å². The number of carbonyl (C=O) groups is 1. The van der Waals surface area contributed by atoms with Gasteiger partial charge in [0.05, 0.1) is 12.0 Å². The molecule has 1 spiro atoms. The molecular formula is C21H36N2O3. The van der Waals surface area contributed by atoms with Crippen molar-refractivity contribution in [3.63, 3.8) is 0 Å². The summed E-state index contributed by atoms with van der Waals surface area (Å²) in [6, 6.07) is 0. The van der Waals surface area contributed by atoms with E-state index in [2.05, 4.69) is 37.9 Å². The van der Waals surface area contributed by atoms with Gasteiger partial charge in [0.2, 0.25) is 0 Å². The number of nitrogens with zero attached hydrogens (tertiary/aromatic N) is 1. The van der Waals surface area contributed by atoms with Crippen LogP contribution in [0.15, 0.2) is 0 Å². The highest BCUT2D eigenvalue weighted by Gasteiger charge is 2.78. The molecule has 0 amide bonds. The molecule has 2 aliphatic heterocycles. The predicted octanol–water partition coefficient (Wildman–Crippen LogP) is 2.44. The SMILES string of the molecule is CCN(CC)CCNC[C@@H]1C(=O)O[C@@H]2C[C@@]3(C)CCC[C@H](C)[C@@]34O[C@H]4[C@H]12. The van der Waals surface area contributed by atoms with Gasteiger partial charge in [-0.15, -0.1) is 0 Å². The summed E-state index contributed by atoms with van der Waals surface area (Å²) in [5.41, 5.74) is 0.196. The van der Waals surface area contributed by atoms with E-state index in [9.17, 15) is 4.79 Å². The molecule has 0 aromatic carbocycles. The van der Waals surface area contributed by atoms with E-state index in [1.54, 1.807) is 0 Å². The third-order valence-corrected chi connectivity index (χ3v) is 8.06. The van der Waals surface area contributed by atoms with Crippen LogP contribution in [0.2, 0.25) is 0 Å². The van der Waals surface area contributed by atoms with E-state index in [-0.39, 0.29) is 41.0 Å². The van der Waals surface area contributed by atoms with E-state index >= 15 is 0 Å². The maximum Gasteiger partial charge on any atom is 0.311 e. The van der Waals surface area contributed by atoms with Gasteiger partial charge < -0.3 is 19.7 Å². The highest BCUT2D eigenvalue weighted by molar-refractivity contribution is 5.76. The minimum atomic E-state index is -0.0419. The molecular weight excluding hydrogens is 328 g/mol. The third-order valence-electron chi connectivity index (χ3n) is 8.06. The molecule has 4 rings (SSSR count). The van der Waals surface area contributed by atoms with Crippen LogP contribution < -0.4 is 5.32 Å². The first kappa shape index (κ1) is 18.7. The molecule has 0 radical (unpaired) electrons. The van der Waals surface area contributed by atoms with Crippen LogP contribution in [-0.2, 0) is 14.3 Å². The summed E-state index contributed by atoms with van der Waals surface area (Å²) in [6.45, 7) is 13.9. The highest BCUT2D eigenvalue weighted by Crippen LogP contribution is 2.70. The minimum absolute atomic E-state index is 0.00381. The van der Waals surface area contributed by atoms with Crippen molar-refractivity contribution in [1.82, 2.24) is 10.2 Å². The van der Waals surface area contributed by atoms with E-state index in [1.807, 2.05) is 0 Å². The molecule has 5 heteroatoms. The first-order chi connectivity index (χ1) is 12.5. The quantitative estimate of drug-likeness (QED) is 0.427. The average molecular weight is 365 g/mol. The number of carbonyl (C=O) groups excluding carboxylic acids is 1. The van der Waals surface area contributed by atoms with Crippen LogP contribution in [0.25, 0.3) is 0 Å². The number of esters is 1. The monoisotopic (exact) mass is 364 g/mol. The fraction of sp³-hybridized carbons (Fsp3) is 0.952. The number of fused-ring (bicyclic) bond motifs is 2. The second-order valence-electron chi connectivity index (χ2n) is 9.28. The van der Waals surface area contributed by atoms with Crippen LogP contribution in [-0.4, -0.2) is 61.4 Å². The summed E-state index contributed by atoms with van der Waals surface area (Å²) >= 11 is 0. The molecule has 148 valence electrons. The molecule has 4 aliphatic rings. The van der Waals surface area contributed by atoms with Gasteiger partial charge in [0.1, 0.15) is 11.7 Å². The Morgan fingerprint density at radius 2 is 2.08 bits per heavy atom. The van der Waals surface area contributed by atoms with Crippen molar-refractivity contribution in [2.24, 2.45) is 23.2 Å². The Hall–Kier alpha value is -0.650. The number of ether oxygens (including phenoxy) is 2. The topological polar surface area (TPSA) is 54.1 Å². The van der Waals surface area contributed by atoms with Crippen LogP contribution in [0.1, 0.15) is 53.4 Å². The van der Waals surface area contributed by atoms with E-state index in [1.165, 1.54) is 19.3 Å². The van der Waals surface area contributed by atoms with Crippen LogP contribution in [0.4, 0.5) is 0 Å². The number of hydrogen-bond donors (Lipinski definition) is 1. The number of nitrogens with one attached hydrogen (secondary N) is 1. The van der Waals surface area contributed by atoms with E-state index in [0.717, 1.165) is 39.1 Å². The van der Waals surface area contributed by atoms with Crippen molar-refractivity contribution < 1.29 is 14.3 Å². The summed E-state index contributed by atoms with van der Waals surface area (Å²) in [7, 11) is 0. The summed E-state index contributed by atoms with van der Waals surface area (Å²) in [6.07, 6.45) is 5.01. The zero-order valence-electron chi connectivity index (χ0n) is 16.9. The Morgan fingerprint density at radius 1 is 1.31 bits per heavy atom. The summed E-state index contributed by atoms with van der Waals surface area (Å²) in [5.74, 6) is 0.798. The van der Waals surface area contributed by atoms with Crippen LogP contribution in [0.3, 0.4) is 0 Å². The van der Waals surface area contributed by atoms with Gasteiger partial charge >= 0.3 is 5.97 Å². The lowest BCUT2D eigenvalue weighted by Gasteiger charge is -2.48.